The topological polar surface area (TPSA) is 60.2 Å². The van der Waals surface area contributed by atoms with Crippen molar-refractivity contribution in [3.8, 4) is 11.3 Å². The summed E-state index contributed by atoms with van der Waals surface area (Å²) in [5, 5.41) is 1.15. The number of hydrogen-bond donors (Lipinski definition) is 0. The third-order valence-electron chi connectivity index (χ3n) is 6.69. The Labute approximate surface area is 215 Å². The highest BCUT2D eigenvalue weighted by molar-refractivity contribution is 6.74. The maximum atomic E-state index is 13.5. The standard InChI is InChI=1S/C24H27Cl3N4O2Si/c1-24(2,3)34(4,5)33-14-20(15-7-6-8-17(25)9-15)31-13-18-10-16(12-30(18)23(31)32)21-19(26)11-28-22(27)29-21/h6-12,20H,13-14H2,1-5H3/t20-/m1/s1. The summed E-state index contributed by atoms with van der Waals surface area (Å²) in [4.78, 5) is 23.5. The molecule has 0 aliphatic carbocycles. The van der Waals surface area contributed by atoms with Gasteiger partial charge in [-0.25, -0.2) is 14.8 Å². The molecule has 0 bridgehead atoms. The van der Waals surface area contributed by atoms with Gasteiger partial charge in [0.25, 0.3) is 0 Å². The third kappa shape index (κ3) is 4.90. The van der Waals surface area contributed by atoms with E-state index in [1.807, 2.05) is 35.2 Å². The van der Waals surface area contributed by atoms with Crippen molar-refractivity contribution in [3.63, 3.8) is 0 Å². The Morgan fingerprint density at radius 1 is 1.18 bits per heavy atom. The highest BCUT2D eigenvalue weighted by Gasteiger charge is 2.40. The van der Waals surface area contributed by atoms with Gasteiger partial charge in [0, 0.05) is 22.5 Å². The van der Waals surface area contributed by atoms with Crippen LogP contribution in [0.5, 0.6) is 0 Å². The van der Waals surface area contributed by atoms with Crippen molar-refractivity contribution >= 4 is 49.2 Å². The van der Waals surface area contributed by atoms with E-state index in [9.17, 15) is 4.79 Å². The first kappa shape index (κ1) is 25.2. The van der Waals surface area contributed by atoms with Crippen LogP contribution in [0.25, 0.3) is 11.3 Å². The molecule has 1 aromatic carbocycles. The molecule has 34 heavy (non-hydrogen) atoms. The third-order valence-corrected chi connectivity index (χ3v) is 11.9. The van der Waals surface area contributed by atoms with E-state index in [0.29, 0.717) is 34.5 Å². The highest BCUT2D eigenvalue weighted by atomic mass is 35.5. The number of halogens is 3. The Morgan fingerprint density at radius 2 is 1.91 bits per heavy atom. The Balaban J connectivity index is 1.64. The molecule has 1 amide bonds. The minimum atomic E-state index is -2.03. The molecule has 0 unspecified atom stereocenters. The highest BCUT2D eigenvalue weighted by Crippen LogP contribution is 2.39. The second-order valence-corrected chi connectivity index (χ2v) is 16.0. The molecule has 3 heterocycles. The lowest BCUT2D eigenvalue weighted by atomic mass is 10.1. The van der Waals surface area contributed by atoms with Crippen LogP contribution in [0.2, 0.25) is 33.5 Å². The Kier molecular flexibility index (Phi) is 6.88. The second kappa shape index (κ2) is 9.28. The quantitative estimate of drug-likeness (QED) is 0.242. The van der Waals surface area contributed by atoms with E-state index < -0.39 is 8.32 Å². The summed E-state index contributed by atoms with van der Waals surface area (Å²) in [6, 6.07) is 9.11. The minimum absolute atomic E-state index is 0.0547. The molecule has 6 nitrogen and oxygen atoms in total. The average Bonchev–Trinajstić information content (AvgIpc) is 3.29. The molecular weight excluding hydrogens is 511 g/mol. The van der Waals surface area contributed by atoms with Gasteiger partial charge in [0.1, 0.15) is 0 Å². The lowest BCUT2D eigenvalue weighted by Crippen LogP contribution is -2.44. The van der Waals surface area contributed by atoms with E-state index >= 15 is 0 Å². The zero-order valence-electron chi connectivity index (χ0n) is 19.8. The summed E-state index contributed by atoms with van der Waals surface area (Å²) in [6.07, 6.45) is 3.20. The van der Waals surface area contributed by atoms with Crippen LogP contribution in [0.15, 0.2) is 42.7 Å². The van der Waals surface area contributed by atoms with Gasteiger partial charge >= 0.3 is 6.03 Å². The Hall–Kier alpha value is -1.90. The zero-order chi connectivity index (χ0) is 24.8. The van der Waals surface area contributed by atoms with Gasteiger partial charge in [-0.2, -0.15) is 0 Å². The van der Waals surface area contributed by atoms with Gasteiger partial charge in [-0.1, -0.05) is 56.1 Å². The van der Waals surface area contributed by atoms with Gasteiger partial charge in [-0.15, -0.1) is 0 Å². The molecule has 0 spiro atoms. The van der Waals surface area contributed by atoms with Crippen LogP contribution in [0.4, 0.5) is 4.79 Å². The molecule has 0 saturated carbocycles. The molecule has 1 aliphatic rings. The van der Waals surface area contributed by atoms with Crippen LogP contribution < -0.4 is 0 Å². The van der Waals surface area contributed by atoms with Crippen LogP contribution in [0.3, 0.4) is 0 Å². The summed E-state index contributed by atoms with van der Waals surface area (Å²) in [5.41, 5.74) is 2.99. The van der Waals surface area contributed by atoms with Crippen molar-refractivity contribution < 1.29 is 9.22 Å². The summed E-state index contributed by atoms with van der Waals surface area (Å²) in [6.45, 7) is 11.8. The van der Waals surface area contributed by atoms with Crippen molar-refractivity contribution in [1.82, 2.24) is 19.4 Å². The van der Waals surface area contributed by atoms with Crippen LogP contribution in [-0.2, 0) is 11.0 Å². The fraction of sp³-hybridized carbons (Fsp3) is 0.375. The van der Waals surface area contributed by atoms with E-state index in [-0.39, 0.29) is 22.4 Å². The molecular formula is C24H27Cl3N4O2Si. The van der Waals surface area contributed by atoms with Crippen molar-refractivity contribution in [3.05, 3.63) is 69.3 Å². The van der Waals surface area contributed by atoms with Gasteiger partial charge in [-0.05, 0) is 53.5 Å². The fourth-order valence-electron chi connectivity index (χ4n) is 3.69. The van der Waals surface area contributed by atoms with E-state index in [4.69, 9.17) is 39.2 Å². The van der Waals surface area contributed by atoms with Crippen molar-refractivity contribution in [2.24, 2.45) is 0 Å². The van der Waals surface area contributed by atoms with Gasteiger partial charge in [0.15, 0.2) is 8.32 Å². The molecule has 4 rings (SSSR count). The van der Waals surface area contributed by atoms with Gasteiger partial charge in [-0.3, -0.25) is 4.57 Å². The SMILES string of the molecule is CC(C)(C)[Si](C)(C)OC[C@H](c1cccc(Cl)c1)N1Cc2cc(-c3nc(Cl)ncc3Cl)cn2C1=O. The largest absolute Gasteiger partial charge is 0.414 e. The monoisotopic (exact) mass is 536 g/mol. The van der Waals surface area contributed by atoms with Gasteiger partial charge < -0.3 is 9.33 Å². The zero-order valence-corrected chi connectivity index (χ0v) is 23.0. The first-order chi connectivity index (χ1) is 15.9. The smallest absolute Gasteiger partial charge is 0.329 e. The van der Waals surface area contributed by atoms with Gasteiger partial charge in [0.2, 0.25) is 5.28 Å². The fourth-order valence-corrected chi connectivity index (χ4v) is 5.23. The summed E-state index contributed by atoms with van der Waals surface area (Å²) in [5.74, 6) is 0. The molecule has 3 aromatic rings. The summed E-state index contributed by atoms with van der Waals surface area (Å²) in [7, 11) is -2.03. The number of nitrogens with zero attached hydrogens (tertiary/aromatic N) is 4. The number of amides is 1. The van der Waals surface area contributed by atoms with Crippen LogP contribution in [0, 0.1) is 0 Å². The second-order valence-electron chi connectivity index (χ2n) is 9.98. The lowest BCUT2D eigenvalue weighted by molar-refractivity contribution is 0.144. The molecule has 1 atom stereocenters. The number of rotatable bonds is 6. The molecule has 180 valence electrons. The number of hydrogen-bond acceptors (Lipinski definition) is 4. The van der Waals surface area contributed by atoms with Crippen molar-refractivity contribution in [2.75, 3.05) is 6.61 Å². The Bertz CT molecular complexity index is 1240. The number of carbonyl (C=O) groups is 1. The lowest BCUT2D eigenvalue weighted by Gasteiger charge is -2.38. The first-order valence-corrected chi connectivity index (χ1v) is 15.0. The predicted octanol–water partition coefficient (Wildman–Crippen LogP) is 7.45. The van der Waals surface area contributed by atoms with E-state index in [1.54, 1.807) is 10.8 Å². The number of carbonyl (C=O) groups excluding carboxylic acids is 1. The molecule has 10 heteroatoms. The first-order valence-electron chi connectivity index (χ1n) is 11.0. The van der Waals surface area contributed by atoms with Crippen LogP contribution >= 0.6 is 34.8 Å². The number of benzene rings is 1. The average molecular weight is 538 g/mol. The van der Waals surface area contributed by atoms with Crippen LogP contribution in [0.1, 0.15) is 38.1 Å². The van der Waals surface area contributed by atoms with E-state index in [2.05, 4.69) is 43.8 Å². The number of aromatic nitrogens is 3. The van der Waals surface area contributed by atoms with E-state index in [1.165, 1.54) is 6.20 Å². The molecule has 2 aromatic heterocycles. The number of fused-ring (bicyclic) bond motifs is 1. The summed E-state index contributed by atoms with van der Waals surface area (Å²) >= 11 is 18.5. The molecule has 0 radical (unpaired) electrons. The van der Waals surface area contributed by atoms with Crippen molar-refractivity contribution in [1.29, 1.82) is 0 Å². The molecule has 0 fully saturated rings. The van der Waals surface area contributed by atoms with Crippen molar-refractivity contribution in [2.45, 2.75) is 51.5 Å². The summed E-state index contributed by atoms with van der Waals surface area (Å²) < 4.78 is 8.18. The molecule has 1 aliphatic heterocycles. The van der Waals surface area contributed by atoms with Gasteiger partial charge in [0.05, 0.1) is 36.1 Å². The van der Waals surface area contributed by atoms with E-state index in [0.717, 1.165) is 11.3 Å². The molecule has 0 N–H and O–H groups in total. The predicted molar refractivity (Wildman–Crippen MR) is 139 cm³/mol. The minimum Gasteiger partial charge on any atom is -0.414 e. The maximum Gasteiger partial charge on any atom is 0.329 e. The maximum absolute atomic E-state index is 13.5. The van der Waals surface area contributed by atoms with Crippen LogP contribution in [-0.4, -0.2) is 40.4 Å². The molecule has 0 saturated heterocycles. The normalized spacial score (nSPS) is 15.1. The Morgan fingerprint density at radius 3 is 2.56 bits per heavy atom.